The van der Waals surface area contributed by atoms with Gasteiger partial charge in [0.25, 0.3) is 0 Å². The quantitative estimate of drug-likeness (QED) is 0.285. The Bertz CT molecular complexity index is 816. The SMILES string of the molecule is ClC/C(=C\C1CCCCC1)[Si](c1ccccc1)(c1ccccc1)c1ccccc1. The highest BCUT2D eigenvalue weighted by Gasteiger charge is 2.42. The van der Waals surface area contributed by atoms with Gasteiger partial charge in [-0.25, -0.2) is 0 Å². The maximum atomic E-state index is 6.79. The van der Waals surface area contributed by atoms with E-state index in [2.05, 4.69) is 97.1 Å². The molecule has 29 heavy (non-hydrogen) atoms. The van der Waals surface area contributed by atoms with Crippen LogP contribution < -0.4 is 15.6 Å². The van der Waals surface area contributed by atoms with Crippen LogP contribution in [-0.2, 0) is 0 Å². The predicted octanol–water partition coefficient (Wildman–Crippen LogP) is 5.44. The van der Waals surface area contributed by atoms with Crippen molar-refractivity contribution in [2.45, 2.75) is 32.1 Å². The number of halogens is 1. The van der Waals surface area contributed by atoms with E-state index in [-0.39, 0.29) is 0 Å². The second kappa shape index (κ2) is 9.60. The van der Waals surface area contributed by atoms with Crippen LogP contribution in [0.25, 0.3) is 0 Å². The van der Waals surface area contributed by atoms with Gasteiger partial charge in [-0.15, -0.1) is 11.6 Å². The van der Waals surface area contributed by atoms with Crippen LogP contribution in [0.1, 0.15) is 32.1 Å². The lowest BCUT2D eigenvalue weighted by atomic mass is 9.89. The molecule has 0 nitrogen and oxygen atoms in total. The summed E-state index contributed by atoms with van der Waals surface area (Å²) >= 11 is 6.79. The molecule has 3 aromatic carbocycles. The summed E-state index contributed by atoms with van der Waals surface area (Å²) in [5.74, 6) is 1.24. The van der Waals surface area contributed by atoms with Crippen molar-refractivity contribution in [3.8, 4) is 0 Å². The third kappa shape index (κ3) is 4.13. The highest BCUT2D eigenvalue weighted by atomic mass is 35.5. The molecule has 0 amide bonds. The highest BCUT2D eigenvalue weighted by molar-refractivity contribution is 7.16. The van der Waals surface area contributed by atoms with Crippen LogP contribution in [0.5, 0.6) is 0 Å². The van der Waals surface area contributed by atoms with Crippen LogP contribution in [0.2, 0.25) is 0 Å². The Morgan fingerprint density at radius 3 is 1.48 bits per heavy atom. The zero-order valence-electron chi connectivity index (χ0n) is 16.9. The molecule has 3 aromatic rings. The van der Waals surface area contributed by atoms with Gasteiger partial charge < -0.3 is 0 Å². The van der Waals surface area contributed by atoms with E-state index < -0.39 is 8.07 Å². The molecule has 0 heterocycles. The topological polar surface area (TPSA) is 0 Å². The second-order valence-electron chi connectivity index (χ2n) is 8.07. The molecule has 1 saturated carbocycles. The Labute approximate surface area is 181 Å². The molecule has 1 aliphatic carbocycles. The molecule has 0 spiro atoms. The monoisotopic (exact) mass is 416 g/mol. The van der Waals surface area contributed by atoms with Gasteiger partial charge in [-0.2, -0.15) is 0 Å². The van der Waals surface area contributed by atoms with Crippen molar-refractivity contribution >= 4 is 35.2 Å². The molecule has 0 bridgehead atoms. The van der Waals surface area contributed by atoms with Crippen molar-refractivity contribution in [1.82, 2.24) is 0 Å². The van der Waals surface area contributed by atoms with E-state index in [1.54, 1.807) is 0 Å². The molecule has 0 atom stereocenters. The summed E-state index contributed by atoms with van der Waals surface area (Å²) in [6.45, 7) is 0. The third-order valence-corrected chi connectivity index (χ3v) is 11.7. The molecule has 1 aliphatic rings. The minimum Gasteiger partial charge on any atom is -0.122 e. The normalized spacial score (nSPS) is 16.0. The summed E-state index contributed by atoms with van der Waals surface area (Å²) in [4.78, 5) is 0. The van der Waals surface area contributed by atoms with Gasteiger partial charge in [-0.3, -0.25) is 0 Å². The fourth-order valence-corrected chi connectivity index (χ4v) is 10.5. The van der Waals surface area contributed by atoms with E-state index in [1.807, 2.05) is 0 Å². The van der Waals surface area contributed by atoms with Crippen molar-refractivity contribution < 1.29 is 0 Å². The summed E-state index contributed by atoms with van der Waals surface area (Å²) in [5.41, 5.74) is 0. The minimum absolute atomic E-state index is 0.585. The van der Waals surface area contributed by atoms with E-state index in [0.717, 1.165) is 0 Å². The standard InChI is InChI=1S/C27H29ClSi/c28-22-27(21-23-13-5-1-6-14-23)29(24-15-7-2-8-16-24,25-17-9-3-10-18-25)26-19-11-4-12-20-26/h2-4,7-12,15-21,23H,1,5-6,13-14,22H2/b27-21+. The molecular formula is C27H29ClSi. The summed E-state index contributed by atoms with van der Waals surface area (Å²) in [7, 11) is -2.41. The van der Waals surface area contributed by atoms with Crippen LogP contribution in [0.4, 0.5) is 0 Å². The number of hydrogen-bond donors (Lipinski definition) is 0. The largest absolute Gasteiger partial charge is 0.176 e. The van der Waals surface area contributed by atoms with Crippen LogP contribution in [0.3, 0.4) is 0 Å². The number of benzene rings is 3. The first-order valence-corrected chi connectivity index (χ1v) is 13.3. The first kappa shape index (κ1) is 20.2. The maximum absolute atomic E-state index is 6.79. The van der Waals surface area contributed by atoms with Crippen LogP contribution in [0.15, 0.2) is 102 Å². The van der Waals surface area contributed by atoms with E-state index in [0.29, 0.717) is 11.8 Å². The Hall–Kier alpha value is -2.09. The smallest absolute Gasteiger partial charge is 0.122 e. The van der Waals surface area contributed by atoms with Crippen LogP contribution in [0, 0.1) is 5.92 Å². The van der Waals surface area contributed by atoms with Gasteiger partial charge >= 0.3 is 0 Å². The van der Waals surface area contributed by atoms with Gasteiger partial charge in [0.1, 0.15) is 0 Å². The molecule has 0 aromatic heterocycles. The maximum Gasteiger partial charge on any atom is 0.176 e. The number of hydrogen-bond acceptors (Lipinski definition) is 0. The number of rotatable bonds is 6. The van der Waals surface area contributed by atoms with Crippen molar-refractivity contribution in [1.29, 1.82) is 0 Å². The molecule has 0 radical (unpaired) electrons. The van der Waals surface area contributed by atoms with E-state index in [1.165, 1.54) is 52.9 Å². The van der Waals surface area contributed by atoms with Crippen molar-refractivity contribution in [3.05, 3.63) is 102 Å². The fraction of sp³-hybridized carbons (Fsp3) is 0.259. The molecule has 0 N–H and O–H groups in total. The van der Waals surface area contributed by atoms with Crippen LogP contribution in [-0.4, -0.2) is 14.0 Å². The molecule has 0 saturated heterocycles. The molecule has 0 aliphatic heterocycles. The van der Waals surface area contributed by atoms with Crippen molar-refractivity contribution in [2.24, 2.45) is 5.92 Å². The Morgan fingerprint density at radius 2 is 1.10 bits per heavy atom. The van der Waals surface area contributed by atoms with Gasteiger partial charge in [0.2, 0.25) is 0 Å². The first-order valence-electron chi connectivity index (χ1n) is 10.8. The first-order chi connectivity index (χ1) is 14.4. The van der Waals surface area contributed by atoms with E-state index >= 15 is 0 Å². The lowest BCUT2D eigenvalue weighted by Crippen LogP contribution is -2.69. The minimum atomic E-state index is -2.41. The second-order valence-corrected chi connectivity index (χ2v) is 12.2. The van der Waals surface area contributed by atoms with Crippen molar-refractivity contribution in [2.75, 3.05) is 5.88 Å². The van der Waals surface area contributed by atoms with E-state index in [4.69, 9.17) is 11.6 Å². The van der Waals surface area contributed by atoms with Gasteiger partial charge in [0.05, 0.1) is 0 Å². The Kier molecular flexibility index (Phi) is 6.69. The van der Waals surface area contributed by atoms with Gasteiger partial charge in [0, 0.05) is 5.88 Å². The average molecular weight is 417 g/mol. The van der Waals surface area contributed by atoms with Gasteiger partial charge in [-0.1, -0.05) is 122 Å². The highest BCUT2D eigenvalue weighted by Crippen LogP contribution is 2.28. The van der Waals surface area contributed by atoms with Gasteiger partial charge in [-0.05, 0) is 34.3 Å². The van der Waals surface area contributed by atoms with Crippen LogP contribution >= 0.6 is 11.6 Å². The Morgan fingerprint density at radius 1 is 0.690 bits per heavy atom. The molecule has 148 valence electrons. The lowest BCUT2D eigenvalue weighted by Gasteiger charge is -2.36. The lowest BCUT2D eigenvalue weighted by molar-refractivity contribution is 0.418. The molecule has 2 heteroatoms. The van der Waals surface area contributed by atoms with Crippen molar-refractivity contribution in [3.63, 3.8) is 0 Å². The summed E-state index contributed by atoms with van der Waals surface area (Å²) in [6, 6.07) is 33.3. The Balaban J connectivity index is 2.00. The number of alkyl halides is 1. The summed E-state index contributed by atoms with van der Waals surface area (Å²) in [6.07, 6.45) is 9.22. The molecule has 0 unspecified atom stereocenters. The molecule has 1 fully saturated rings. The number of allylic oxidation sites excluding steroid dienone is 2. The average Bonchev–Trinajstić information content (AvgIpc) is 2.82. The van der Waals surface area contributed by atoms with E-state index in [9.17, 15) is 0 Å². The predicted molar refractivity (Wildman–Crippen MR) is 129 cm³/mol. The summed E-state index contributed by atoms with van der Waals surface area (Å²) in [5, 5.41) is 5.69. The zero-order valence-corrected chi connectivity index (χ0v) is 18.7. The zero-order chi connectivity index (χ0) is 19.9. The molecular weight excluding hydrogens is 388 g/mol. The molecule has 4 rings (SSSR count). The fourth-order valence-electron chi connectivity index (χ4n) is 4.98. The van der Waals surface area contributed by atoms with Gasteiger partial charge in [0.15, 0.2) is 8.07 Å². The summed E-state index contributed by atoms with van der Waals surface area (Å²) < 4.78 is 0. The third-order valence-electron chi connectivity index (χ3n) is 6.33.